The van der Waals surface area contributed by atoms with Gasteiger partial charge in [0, 0.05) is 16.8 Å². The van der Waals surface area contributed by atoms with Crippen LogP contribution in [-0.2, 0) is 10.0 Å². The molecule has 24 heavy (non-hydrogen) atoms. The van der Waals surface area contributed by atoms with Gasteiger partial charge in [-0.3, -0.25) is 9.52 Å². The summed E-state index contributed by atoms with van der Waals surface area (Å²) in [6, 6.07) is 6.71. The predicted octanol–water partition coefficient (Wildman–Crippen LogP) is 2.76. The molecule has 2 N–H and O–H groups in total. The number of hydrogen-bond donors (Lipinski definition) is 2. The van der Waals surface area contributed by atoms with Crippen LogP contribution in [0.15, 0.2) is 24.3 Å². The lowest BCUT2D eigenvalue weighted by molar-refractivity contribution is -0.0167. The van der Waals surface area contributed by atoms with Crippen LogP contribution in [0.4, 0.5) is 5.69 Å². The van der Waals surface area contributed by atoms with Gasteiger partial charge in [-0.15, -0.1) is 0 Å². The Bertz CT molecular complexity index is 737. The third-order valence-electron chi connectivity index (χ3n) is 5.84. The molecule has 0 atom stereocenters. The van der Waals surface area contributed by atoms with Gasteiger partial charge in [-0.05, 0) is 74.5 Å². The molecule has 4 fully saturated rings. The molecular weight excluding hydrogens is 324 g/mol. The van der Waals surface area contributed by atoms with Gasteiger partial charge in [0.05, 0.1) is 6.26 Å². The molecule has 0 unspecified atom stereocenters. The zero-order chi connectivity index (χ0) is 16.9. The maximum atomic E-state index is 12.8. The Morgan fingerprint density at radius 3 is 2.21 bits per heavy atom. The quantitative estimate of drug-likeness (QED) is 0.878. The monoisotopic (exact) mass is 348 g/mol. The topological polar surface area (TPSA) is 75.3 Å². The molecule has 4 aliphatic carbocycles. The first-order chi connectivity index (χ1) is 11.3. The summed E-state index contributed by atoms with van der Waals surface area (Å²) in [5.74, 6) is 2.23. The van der Waals surface area contributed by atoms with Crippen LogP contribution in [0.25, 0.3) is 0 Å². The minimum Gasteiger partial charge on any atom is -0.347 e. The Hall–Kier alpha value is -1.56. The molecule has 0 aliphatic heterocycles. The average Bonchev–Trinajstić information content (AvgIpc) is 2.43. The molecular formula is C18H24N2O3S. The van der Waals surface area contributed by atoms with E-state index in [0.717, 1.165) is 43.3 Å². The highest BCUT2D eigenvalue weighted by molar-refractivity contribution is 7.92. The first kappa shape index (κ1) is 15.9. The van der Waals surface area contributed by atoms with E-state index in [2.05, 4.69) is 10.0 Å². The summed E-state index contributed by atoms with van der Waals surface area (Å²) in [6.45, 7) is 0. The van der Waals surface area contributed by atoms with Crippen LogP contribution in [0.5, 0.6) is 0 Å². The Balaban J connectivity index is 1.51. The fourth-order valence-electron chi connectivity index (χ4n) is 5.51. The molecule has 5 rings (SSSR count). The second kappa shape index (κ2) is 5.48. The SMILES string of the molecule is CS(=O)(=O)Nc1cccc(C(=O)NC23CC4CC(CC(C4)C2)C3)c1. The fraction of sp³-hybridized carbons (Fsp3) is 0.611. The maximum Gasteiger partial charge on any atom is 0.251 e. The molecule has 4 bridgehead atoms. The van der Waals surface area contributed by atoms with E-state index in [0.29, 0.717) is 11.3 Å². The lowest BCUT2D eigenvalue weighted by atomic mass is 9.53. The third-order valence-corrected chi connectivity index (χ3v) is 6.45. The summed E-state index contributed by atoms with van der Waals surface area (Å²) < 4.78 is 25.2. The van der Waals surface area contributed by atoms with Crippen molar-refractivity contribution < 1.29 is 13.2 Å². The summed E-state index contributed by atoms with van der Waals surface area (Å²) in [5.41, 5.74) is 0.904. The van der Waals surface area contributed by atoms with Crippen LogP contribution < -0.4 is 10.0 Å². The van der Waals surface area contributed by atoms with Gasteiger partial charge in [0.15, 0.2) is 0 Å². The number of sulfonamides is 1. The van der Waals surface area contributed by atoms with Gasteiger partial charge >= 0.3 is 0 Å². The van der Waals surface area contributed by atoms with Gasteiger partial charge in [0.1, 0.15) is 0 Å². The molecule has 0 spiro atoms. The minimum absolute atomic E-state index is 0.0356. The van der Waals surface area contributed by atoms with Crippen LogP contribution in [-0.4, -0.2) is 26.1 Å². The van der Waals surface area contributed by atoms with E-state index in [1.165, 1.54) is 19.3 Å². The molecule has 0 saturated heterocycles. The van der Waals surface area contributed by atoms with Crippen LogP contribution in [0.1, 0.15) is 48.9 Å². The van der Waals surface area contributed by atoms with Crippen molar-refractivity contribution in [1.82, 2.24) is 5.32 Å². The van der Waals surface area contributed by atoms with E-state index in [1.807, 2.05) is 0 Å². The molecule has 4 aliphatic rings. The smallest absolute Gasteiger partial charge is 0.251 e. The van der Waals surface area contributed by atoms with Crippen molar-refractivity contribution in [3.8, 4) is 0 Å². The standard InChI is InChI=1S/C18H24N2O3S/c1-24(22,23)20-16-4-2-3-15(8-16)17(21)19-18-9-12-5-13(10-18)7-14(6-12)11-18/h2-4,8,12-14,20H,5-7,9-11H2,1H3,(H,19,21). The van der Waals surface area contributed by atoms with Crippen LogP contribution in [0.3, 0.4) is 0 Å². The third kappa shape index (κ3) is 3.16. The van der Waals surface area contributed by atoms with Gasteiger partial charge in [-0.2, -0.15) is 0 Å². The van der Waals surface area contributed by atoms with Crippen molar-refractivity contribution in [3.05, 3.63) is 29.8 Å². The Labute approximate surface area is 143 Å². The highest BCUT2D eigenvalue weighted by Crippen LogP contribution is 2.55. The Kier molecular flexibility index (Phi) is 3.64. The second-order valence-electron chi connectivity index (χ2n) is 8.11. The van der Waals surface area contributed by atoms with Crippen molar-refractivity contribution in [2.24, 2.45) is 17.8 Å². The summed E-state index contributed by atoms with van der Waals surface area (Å²) >= 11 is 0. The molecule has 1 amide bonds. The number of amides is 1. The number of carbonyl (C=O) groups is 1. The summed E-state index contributed by atoms with van der Waals surface area (Å²) in [6.07, 6.45) is 8.42. The number of rotatable bonds is 4. The summed E-state index contributed by atoms with van der Waals surface area (Å²) in [4.78, 5) is 12.8. The lowest BCUT2D eigenvalue weighted by Gasteiger charge is -2.56. The molecule has 0 aromatic heterocycles. The van der Waals surface area contributed by atoms with Gasteiger partial charge < -0.3 is 5.32 Å². The number of hydrogen-bond acceptors (Lipinski definition) is 3. The van der Waals surface area contributed by atoms with Crippen molar-refractivity contribution >= 4 is 21.6 Å². The number of benzene rings is 1. The van der Waals surface area contributed by atoms with Gasteiger partial charge in [-0.25, -0.2) is 8.42 Å². The van der Waals surface area contributed by atoms with Crippen LogP contribution in [0.2, 0.25) is 0 Å². The molecule has 1 aromatic carbocycles. The van der Waals surface area contributed by atoms with E-state index in [-0.39, 0.29) is 11.4 Å². The van der Waals surface area contributed by atoms with Crippen molar-refractivity contribution in [3.63, 3.8) is 0 Å². The highest BCUT2D eigenvalue weighted by atomic mass is 32.2. The molecule has 1 aromatic rings. The Morgan fingerprint density at radius 1 is 1.08 bits per heavy atom. The van der Waals surface area contributed by atoms with E-state index in [9.17, 15) is 13.2 Å². The fourth-order valence-corrected chi connectivity index (χ4v) is 6.07. The number of carbonyl (C=O) groups excluding carboxylic acids is 1. The summed E-state index contributed by atoms with van der Waals surface area (Å²) in [5, 5.41) is 3.31. The van der Waals surface area contributed by atoms with Crippen LogP contribution in [0, 0.1) is 17.8 Å². The molecule has 0 radical (unpaired) electrons. The zero-order valence-electron chi connectivity index (χ0n) is 13.9. The molecule has 5 nitrogen and oxygen atoms in total. The summed E-state index contributed by atoms with van der Waals surface area (Å²) in [7, 11) is -3.34. The minimum atomic E-state index is -3.34. The van der Waals surface area contributed by atoms with Crippen LogP contribution >= 0.6 is 0 Å². The lowest BCUT2D eigenvalue weighted by Crippen LogP contribution is -2.59. The van der Waals surface area contributed by atoms with E-state index >= 15 is 0 Å². The average molecular weight is 348 g/mol. The first-order valence-electron chi connectivity index (χ1n) is 8.71. The van der Waals surface area contributed by atoms with Crippen molar-refractivity contribution in [2.75, 3.05) is 11.0 Å². The maximum absolute atomic E-state index is 12.8. The van der Waals surface area contributed by atoms with Gasteiger partial charge in [0.2, 0.25) is 10.0 Å². The number of anilines is 1. The first-order valence-corrected chi connectivity index (χ1v) is 10.6. The second-order valence-corrected chi connectivity index (χ2v) is 9.86. The molecule has 6 heteroatoms. The molecule has 0 heterocycles. The van der Waals surface area contributed by atoms with Crippen molar-refractivity contribution in [1.29, 1.82) is 0 Å². The Morgan fingerprint density at radius 2 is 1.67 bits per heavy atom. The van der Waals surface area contributed by atoms with Crippen molar-refractivity contribution in [2.45, 2.75) is 44.1 Å². The van der Waals surface area contributed by atoms with Gasteiger partial charge in [0.25, 0.3) is 5.91 Å². The molecule has 130 valence electrons. The predicted molar refractivity (Wildman–Crippen MR) is 93.3 cm³/mol. The largest absolute Gasteiger partial charge is 0.347 e. The van der Waals surface area contributed by atoms with E-state index in [4.69, 9.17) is 0 Å². The number of nitrogens with one attached hydrogen (secondary N) is 2. The highest BCUT2D eigenvalue weighted by Gasteiger charge is 2.51. The molecule has 4 saturated carbocycles. The van der Waals surface area contributed by atoms with Gasteiger partial charge in [-0.1, -0.05) is 6.07 Å². The normalized spacial score (nSPS) is 34.1. The van der Waals surface area contributed by atoms with E-state index in [1.54, 1.807) is 24.3 Å². The van der Waals surface area contributed by atoms with E-state index < -0.39 is 10.0 Å². The zero-order valence-corrected chi connectivity index (χ0v) is 14.7.